The zero-order valence-electron chi connectivity index (χ0n) is 28.6. The zero-order valence-corrected chi connectivity index (χ0v) is 28.6. The lowest BCUT2D eigenvalue weighted by Crippen LogP contribution is -2.15. The van der Waals surface area contributed by atoms with E-state index in [-0.39, 0.29) is 5.41 Å². The summed E-state index contributed by atoms with van der Waals surface area (Å²) in [5.74, 6) is 0. The number of hydrogen-bond acceptors (Lipinski definition) is 2. The van der Waals surface area contributed by atoms with E-state index in [4.69, 9.17) is 4.42 Å². The third kappa shape index (κ3) is 4.64. The Labute approximate surface area is 297 Å². The normalized spacial score (nSPS) is 13.1. The van der Waals surface area contributed by atoms with E-state index in [1.165, 1.54) is 55.3 Å². The molecule has 10 rings (SSSR count). The molecule has 242 valence electrons. The topological polar surface area (TPSA) is 16.4 Å². The highest BCUT2D eigenvalue weighted by molar-refractivity contribution is 6.22. The van der Waals surface area contributed by atoms with Gasteiger partial charge in [0.25, 0.3) is 0 Å². The van der Waals surface area contributed by atoms with Gasteiger partial charge in [-0.2, -0.15) is 0 Å². The fourth-order valence-corrected chi connectivity index (χ4v) is 8.35. The quantitative estimate of drug-likeness (QED) is 0.184. The van der Waals surface area contributed by atoms with Crippen LogP contribution in [0, 0.1) is 0 Å². The number of nitrogens with zero attached hydrogens (tertiary/aromatic N) is 1. The number of para-hydroxylation sites is 1. The average molecular weight is 654 g/mol. The molecule has 0 N–H and O–H groups in total. The van der Waals surface area contributed by atoms with Crippen LogP contribution < -0.4 is 4.90 Å². The van der Waals surface area contributed by atoms with Crippen molar-refractivity contribution in [3.05, 3.63) is 187 Å². The van der Waals surface area contributed by atoms with Gasteiger partial charge in [0.15, 0.2) is 0 Å². The van der Waals surface area contributed by atoms with Crippen LogP contribution in [0.4, 0.5) is 17.1 Å². The van der Waals surface area contributed by atoms with E-state index in [1.54, 1.807) is 0 Å². The zero-order chi connectivity index (χ0) is 34.1. The molecule has 1 heterocycles. The fraction of sp³-hybridized carbons (Fsp3) is 0.0612. The van der Waals surface area contributed by atoms with E-state index < -0.39 is 0 Å². The predicted octanol–water partition coefficient (Wildman–Crippen LogP) is 13.8. The van der Waals surface area contributed by atoms with Gasteiger partial charge in [0.1, 0.15) is 11.2 Å². The van der Waals surface area contributed by atoms with Crippen molar-refractivity contribution < 1.29 is 4.42 Å². The summed E-state index contributed by atoms with van der Waals surface area (Å²) in [7, 11) is 0. The summed E-state index contributed by atoms with van der Waals surface area (Å²) in [5, 5.41) is 4.65. The molecule has 0 fully saturated rings. The van der Waals surface area contributed by atoms with Crippen LogP contribution in [0.25, 0.3) is 66.1 Å². The largest absolute Gasteiger partial charge is 0.456 e. The summed E-state index contributed by atoms with van der Waals surface area (Å²) in [5.41, 5.74) is 15.2. The fourth-order valence-electron chi connectivity index (χ4n) is 8.35. The Morgan fingerprint density at radius 1 is 0.392 bits per heavy atom. The highest BCUT2D eigenvalue weighted by Crippen LogP contribution is 2.51. The highest BCUT2D eigenvalue weighted by atomic mass is 16.3. The van der Waals surface area contributed by atoms with Crippen molar-refractivity contribution in [1.82, 2.24) is 0 Å². The van der Waals surface area contributed by atoms with E-state index in [1.807, 2.05) is 6.07 Å². The minimum absolute atomic E-state index is 0.0582. The van der Waals surface area contributed by atoms with Crippen molar-refractivity contribution >= 4 is 49.8 Å². The van der Waals surface area contributed by atoms with Gasteiger partial charge in [0.2, 0.25) is 0 Å². The summed E-state index contributed by atoms with van der Waals surface area (Å²) in [6, 6.07) is 63.6. The van der Waals surface area contributed by atoms with Crippen LogP contribution in [0.3, 0.4) is 0 Å². The Bertz CT molecular complexity index is 2760. The van der Waals surface area contributed by atoms with E-state index in [9.17, 15) is 0 Å². The molecule has 1 aromatic heterocycles. The lowest BCUT2D eigenvalue weighted by atomic mass is 9.82. The summed E-state index contributed by atoms with van der Waals surface area (Å²) >= 11 is 0. The van der Waals surface area contributed by atoms with Crippen LogP contribution >= 0.6 is 0 Å². The minimum Gasteiger partial charge on any atom is -0.456 e. The Balaban J connectivity index is 1.22. The molecule has 2 nitrogen and oxygen atoms in total. The molecular formula is C49H35NO. The van der Waals surface area contributed by atoms with Gasteiger partial charge in [-0.3, -0.25) is 0 Å². The van der Waals surface area contributed by atoms with Gasteiger partial charge in [-0.05, 0) is 104 Å². The molecule has 0 atom stereocenters. The maximum Gasteiger partial charge on any atom is 0.136 e. The van der Waals surface area contributed by atoms with E-state index in [0.29, 0.717) is 0 Å². The monoisotopic (exact) mass is 653 g/mol. The van der Waals surface area contributed by atoms with Crippen molar-refractivity contribution in [3.8, 4) is 33.4 Å². The first-order chi connectivity index (χ1) is 25.0. The number of hydrogen-bond donors (Lipinski definition) is 0. The first-order valence-electron chi connectivity index (χ1n) is 17.7. The van der Waals surface area contributed by atoms with Crippen molar-refractivity contribution in [3.63, 3.8) is 0 Å². The van der Waals surface area contributed by atoms with E-state index in [0.717, 1.165) is 39.0 Å². The lowest BCUT2D eigenvalue weighted by molar-refractivity contribution is 0.660. The molecule has 1 aliphatic rings. The molecule has 2 heteroatoms. The number of fused-ring (bicyclic) bond motifs is 8. The molecule has 51 heavy (non-hydrogen) atoms. The van der Waals surface area contributed by atoms with Crippen molar-refractivity contribution in [2.24, 2.45) is 0 Å². The van der Waals surface area contributed by atoms with Crippen molar-refractivity contribution in [1.29, 1.82) is 0 Å². The average Bonchev–Trinajstić information content (AvgIpc) is 3.67. The lowest BCUT2D eigenvalue weighted by Gasteiger charge is -2.28. The van der Waals surface area contributed by atoms with Crippen LogP contribution in [0.5, 0.6) is 0 Å². The maximum absolute atomic E-state index is 6.54. The van der Waals surface area contributed by atoms with Crippen molar-refractivity contribution in [2.75, 3.05) is 4.90 Å². The van der Waals surface area contributed by atoms with Gasteiger partial charge < -0.3 is 9.32 Å². The number of rotatable bonds is 5. The van der Waals surface area contributed by atoms with Gasteiger partial charge in [-0.1, -0.05) is 141 Å². The molecule has 0 bridgehead atoms. The van der Waals surface area contributed by atoms with E-state index >= 15 is 0 Å². The maximum atomic E-state index is 6.54. The van der Waals surface area contributed by atoms with Crippen LogP contribution in [0.2, 0.25) is 0 Å². The highest BCUT2D eigenvalue weighted by Gasteiger charge is 2.35. The van der Waals surface area contributed by atoms with Crippen LogP contribution in [0.1, 0.15) is 25.0 Å². The third-order valence-corrected chi connectivity index (χ3v) is 10.9. The third-order valence-electron chi connectivity index (χ3n) is 10.9. The molecule has 0 unspecified atom stereocenters. The van der Waals surface area contributed by atoms with E-state index in [2.05, 4.69) is 189 Å². The number of anilines is 3. The number of benzene rings is 8. The van der Waals surface area contributed by atoms with Gasteiger partial charge in [-0.25, -0.2) is 0 Å². The SMILES string of the molecule is CC1(C)c2ccccc2-c2cc(N(c3ccc(-c4ccccc4)cc3)c3ccc4c(-c5ccccc5)cc5oc6ccccc6c5c4c3)ccc21. The second kappa shape index (κ2) is 11.3. The summed E-state index contributed by atoms with van der Waals surface area (Å²) < 4.78 is 6.54. The Hall–Kier alpha value is -6.38. The summed E-state index contributed by atoms with van der Waals surface area (Å²) in [4.78, 5) is 2.41. The molecule has 1 aliphatic carbocycles. The predicted molar refractivity (Wildman–Crippen MR) is 214 cm³/mol. The molecule has 0 saturated carbocycles. The molecule has 9 aromatic rings. The molecule has 0 radical (unpaired) electrons. The van der Waals surface area contributed by atoms with Crippen LogP contribution in [0.15, 0.2) is 180 Å². The standard InChI is InChI=1S/C49H35NO/c1-49(2)44-19-11-9-17-39(44)42-29-37(26-28-45(42)49)50(35-23-21-33(22-24-35)32-13-5-3-6-14-32)36-25-27-38-41(34-15-7-4-8-16-34)31-47-48(43(38)30-36)40-18-10-12-20-46(40)51-47/h3-31H,1-2H3. The molecular weight excluding hydrogens is 619 g/mol. The van der Waals surface area contributed by atoms with Gasteiger partial charge >= 0.3 is 0 Å². The van der Waals surface area contributed by atoms with Crippen LogP contribution in [-0.4, -0.2) is 0 Å². The number of furan rings is 1. The van der Waals surface area contributed by atoms with Crippen molar-refractivity contribution in [2.45, 2.75) is 19.3 Å². The first kappa shape index (κ1) is 29.5. The van der Waals surface area contributed by atoms with Gasteiger partial charge in [-0.15, -0.1) is 0 Å². The molecule has 8 aromatic carbocycles. The molecule has 0 amide bonds. The summed E-state index contributed by atoms with van der Waals surface area (Å²) in [6.45, 7) is 4.68. The second-order valence-corrected chi connectivity index (χ2v) is 14.1. The molecule has 0 aliphatic heterocycles. The van der Waals surface area contributed by atoms with Gasteiger partial charge in [0, 0.05) is 33.2 Å². The Kier molecular flexibility index (Phi) is 6.56. The summed E-state index contributed by atoms with van der Waals surface area (Å²) in [6.07, 6.45) is 0. The molecule has 0 spiro atoms. The van der Waals surface area contributed by atoms with Gasteiger partial charge in [0.05, 0.1) is 0 Å². The van der Waals surface area contributed by atoms with Crippen LogP contribution in [-0.2, 0) is 5.41 Å². The second-order valence-electron chi connectivity index (χ2n) is 14.1. The Morgan fingerprint density at radius 2 is 1.00 bits per heavy atom. The molecule has 0 saturated heterocycles. The Morgan fingerprint density at radius 3 is 1.80 bits per heavy atom. The first-order valence-corrected chi connectivity index (χ1v) is 17.7. The smallest absolute Gasteiger partial charge is 0.136 e. The minimum atomic E-state index is -0.0582.